The largest absolute Gasteiger partial charge is 0.312 e. The first-order valence-electron chi connectivity index (χ1n) is 6.05. The standard InChI is InChI=1S/C12H26N2/c1-5-6-12(11-7-8-11)13-9-10(2)14(3)4/h10-13H,5-9H2,1-4H3. The van der Waals surface area contributed by atoms with Crippen molar-refractivity contribution in [3.05, 3.63) is 0 Å². The maximum atomic E-state index is 3.72. The lowest BCUT2D eigenvalue weighted by Gasteiger charge is -2.24. The molecular weight excluding hydrogens is 172 g/mol. The summed E-state index contributed by atoms with van der Waals surface area (Å²) in [4.78, 5) is 2.28. The van der Waals surface area contributed by atoms with E-state index in [-0.39, 0.29) is 0 Å². The zero-order chi connectivity index (χ0) is 10.6. The third-order valence-corrected chi connectivity index (χ3v) is 3.35. The van der Waals surface area contributed by atoms with Crippen LogP contribution in [0.4, 0.5) is 0 Å². The Balaban J connectivity index is 2.18. The summed E-state index contributed by atoms with van der Waals surface area (Å²) in [5, 5.41) is 3.72. The van der Waals surface area contributed by atoms with Gasteiger partial charge in [0.2, 0.25) is 0 Å². The molecule has 0 saturated heterocycles. The monoisotopic (exact) mass is 198 g/mol. The van der Waals surface area contributed by atoms with E-state index in [0.29, 0.717) is 6.04 Å². The zero-order valence-corrected chi connectivity index (χ0v) is 10.2. The van der Waals surface area contributed by atoms with Crippen molar-refractivity contribution in [3.8, 4) is 0 Å². The molecule has 1 aliphatic carbocycles. The van der Waals surface area contributed by atoms with Gasteiger partial charge in [-0.15, -0.1) is 0 Å². The molecule has 1 saturated carbocycles. The summed E-state index contributed by atoms with van der Waals surface area (Å²) in [5.41, 5.74) is 0. The highest BCUT2D eigenvalue weighted by molar-refractivity contribution is 4.86. The Hall–Kier alpha value is -0.0800. The van der Waals surface area contributed by atoms with E-state index in [0.717, 1.165) is 18.5 Å². The van der Waals surface area contributed by atoms with Gasteiger partial charge in [-0.05, 0) is 46.2 Å². The van der Waals surface area contributed by atoms with Crippen LogP contribution in [0.15, 0.2) is 0 Å². The fraction of sp³-hybridized carbons (Fsp3) is 1.00. The lowest BCUT2D eigenvalue weighted by molar-refractivity contribution is 0.284. The topological polar surface area (TPSA) is 15.3 Å². The Labute approximate surface area is 89.1 Å². The van der Waals surface area contributed by atoms with Crippen LogP contribution in [-0.4, -0.2) is 37.6 Å². The van der Waals surface area contributed by atoms with Gasteiger partial charge in [0.1, 0.15) is 0 Å². The predicted octanol–water partition coefficient (Wildman–Crippen LogP) is 2.10. The maximum absolute atomic E-state index is 3.72. The Morgan fingerprint density at radius 3 is 2.43 bits per heavy atom. The van der Waals surface area contributed by atoms with Crippen LogP contribution in [-0.2, 0) is 0 Å². The van der Waals surface area contributed by atoms with Gasteiger partial charge in [0.25, 0.3) is 0 Å². The van der Waals surface area contributed by atoms with E-state index in [4.69, 9.17) is 0 Å². The van der Waals surface area contributed by atoms with Gasteiger partial charge in [-0.3, -0.25) is 0 Å². The lowest BCUT2D eigenvalue weighted by Crippen LogP contribution is -2.41. The minimum absolute atomic E-state index is 0.646. The summed E-state index contributed by atoms with van der Waals surface area (Å²) in [5.74, 6) is 0.990. The molecule has 0 aliphatic heterocycles. The van der Waals surface area contributed by atoms with Gasteiger partial charge >= 0.3 is 0 Å². The number of nitrogens with one attached hydrogen (secondary N) is 1. The average Bonchev–Trinajstić information content (AvgIpc) is 2.94. The van der Waals surface area contributed by atoms with Crippen LogP contribution in [0, 0.1) is 5.92 Å². The van der Waals surface area contributed by atoms with Gasteiger partial charge in [-0.1, -0.05) is 13.3 Å². The van der Waals surface area contributed by atoms with Gasteiger partial charge in [0, 0.05) is 18.6 Å². The molecule has 0 heterocycles. The van der Waals surface area contributed by atoms with Crippen molar-refractivity contribution in [1.82, 2.24) is 10.2 Å². The van der Waals surface area contributed by atoms with E-state index in [1.807, 2.05) is 0 Å². The van der Waals surface area contributed by atoms with Crippen LogP contribution in [0.1, 0.15) is 39.5 Å². The second kappa shape index (κ2) is 5.72. The molecule has 2 atom stereocenters. The van der Waals surface area contributed by atoms with Gasteiger partial charge in [-0.25, -0.2) is 0 Å². The van der Waals surface area contributed by atoms with Crippen LogP contribution in [0.25, 0.3) is 0 Å². The smallest absolute Gasteiger partial charge is 0.0186 e. The summed E-state index contributed by atoms with van der Waals surface area (Å²) < 4.78 is 0. The molecule has 0 spiro atoms. The quantitative estimate of drug-likeness (QED) is 0.674. The Morgan fingerprint density at radius 2 is 2.00 bits per heavy atom. The summed E-state index contributed by atoms with van der Waals surface area (Å²) in [7, 11) is 4.30. The Kier molecular flexibility index (Phi) is 4.90. The Morgan fingerprint density at radius 1 is 1.36 bits per heavy atom. The second-order valence-corrected chi connectivity index (χ2v) is 4.95. The first-order valence-corrected chi connectivity index (χ1v) is 6.05. The van der Waals surface area contributed by atoms with Crippen LogP contribution >= 0.6 is 0 Å². The van der Waals surface area contributed by atoms with Crippen molar-refractivity contribution in [3.63, 3.8) is 0 Å². The molecule has 0 aromatic heterocycles. The number of hydrogen-bond acceptors (Lipinski definition) is 2. The summed E-state index contributed by atoms with van der Waals surface area (Å²) in [6, 6.07) is 1.44. The van der Waals surface area contributed by atoms with Crippen molar-refractivity contribution in [2.45, 2.75) is 51.6 Å². The molecule has 1 N–H and O–H groups in total. The van der Waals surface area contributed by atoms with E-state index >= 15 is 0 Å². The summed E-state index contributed by atoms with van der Waals surface area (Å²) >= 11 is 0. The molecule has 0 aromatic carbocycles. The molecule has 2 nitrogen and oxygen atoms in total. The fourth-order valence-corrected chi connectivity index (χ4v) is 1.82. The normalized spacial score (nSPS) is 21.2. The molecule has 84 valence electrons. The van der Waals surface area contributed by atoms with E-state index < -0.39 is 0 Å². The van der Waals surface area contributed by atoms with E-state index in [1.54, 1.807) is 0 Å². The van der Waals surface area contributed by atoms with E-state index in [9.17, 15) is 0 Å². The van der Waals surface area contributed by atoms with Crippen molar-refractivity contribution in [2.75, 3.05) is 20.6 Å². The molecule has 2 unspecified atom stereocenters. The minimum atomic E-state index is 0.646. The Bertz CT molecular complexity index is 152. The van der Waals surface area contributed by atoms with Crippen LogP contribution in [0.3, 0.4) is 0 Å². The minimum Gasteiger partial charge on any atom is -0.312 e. The molecule has 0 amide bonds. The van der Waals surface area contributed by atoms with Gasteiger partial charge in [-0.2, -0.15) is 0 Å². The van der Waals surface area contributed by atoms with Crippen molar-refractivity contribution in [2.24, 2.45) is 5.92 Å². The molecule has 0 radical (unpaired) electrons. The highest BCUT2D eigenvalue weighted by Crippen LogP contribution is 2.34. The molecule has 1 rings (SSSR count). The predicted molar refractivity (Wildman–Crippen MR) is 62.6 cm³/mol. The third-order valence-electron chi connectivity index (χ3n) is 3.35. The molecule has 1 aliphatic rings. The zero-order valence-electron chi connectivity index (χ0n) is 10.2. The van der Waals surface area contributed by atoms with E-state index in [1.165, 1.54) is 25.7 Å². The molecule has 1 fully saturated rings. The van der Waals surface area contributed by atoms with Crippen molar-refractivity contribution >= 4 is 0 Å². The third kappa shape index (κ3) is 3.97. The maximum Gasteiger partial charge on any atom is 0.0186 e. The second-order valence-electron chi connectivity index (χ2n) is 4.95. The molecular formula is C12H26N2. The average molecular weight is 198 g/mol. The molecule has 0 bridgehead atoms. The van der Waals surface area contributed by atoms with Crippen LogP contribution in [0.2, 0.25) is 0 Å². The number of rotatable bonds is 7. The summed E-state index contributed by atoms with van der Waals surface area (Å²) in [6.45, 7) is 5.70. The number of likely N-dealkylation sites (N-methyl/N-ethyl adjacent to an activating group) is 1. The first kappa shape index (κ1) is 12.0. The number of hydrogen-bond donors (Lipinski definition) is 1. The molecule has 14 heavy (non-hydrogen) atoms. The van der Waals surface area contributed by atoms with Gasteiger partial charge in [0.05, 0.1) is 0 Å². The number of nitrogens with zero attached hydrogens (tertiary/aromatic N) is 1. The fourth-order valence-electron chi connectivity index (χ4n) is 1.82. The molecule has 0 aromatic rings. The van der Waals surface area contributed by atoms with Crippen molar-refractivity contribution < 1.29 is 0 Å². The van der Waals surface area contributed by atoms with Crippen LogP contribution in [0.5, 0.6) is 0 Å². The molecule has 2 heteroatoms. The highest BCUT2D eigenvalue weighted by Gasteiger charge is 2.30. The highest BCUT2D eigenvalue weighted by atomic mass is 15.1. The first-order chi connectivity index (χ1) is 6.65. The van der Waals surface area contributed by atoms with E-state index in [2.05, 4.69) is 38.2 Å². The van der Waals surface area contributed by atoms with Crippen molar-refractivity contribution in [1.29, 1.82) is 0 Å². The SMILES string of the molecule is CCCC(NCC(C)N(C)C)C1CC1. The lowest BCUT2D eigenvalue weighted by atomic mass is 10.1. The van der Waals surface area contributed by atoms with Gasteiger partial charge < -0.3 is 10.2 Å². The van der Waals surface area contributed by atoms with Gasteiger partial charge in [0.15, 0.2) is 0 Å². The van der Waals surface area contributed by atoms with Crippen LogP contribution < -0.4 is 5.32 Å². The summed E-state index contributed by atoms with van der Waals surface area (Å²) in [6.07, 6.45) is 5.57.